The van der Waals surface area contributed by atoms with Crippen LogP contribution in [0, 0.1) is 5.82 Å². The number of amides is 2. The number of benzene rings is 2. The van der Waals surface area contributed by atoms with E-state index in [4.69, 9.17) is 0 Å². The minimum absolute atomic E-state index is 0.276. The molecule has 0 aliphatic carbocycles. The van der Waals surface area contributed by atoms with Crippen molar-refractivity contribution >= 4 is 29.2 Å². The van der Waals surface area contributed by atoms with E-state index in [0.717, 1.165) is 0 Å². The fourth-order valence-corrected chi connectivity index (χ4v) is 3.17. The SMILES string of the molecule is COC(=O)c1ccc(NC(=O)CC(=O)N2CCN(c3ccccc3F)CC2)cc1. The van der Waals surface area contributed by atoms with Gasteiger partial charge in [-0.1, -0.05) is 12.1 Å². The average molecular weight is 399 g/mol. The van der Waals surface area contributed by atoms with Crippen molar-refractivity contribution in [3.63, 3.8) is 0 Å². The highest BCUT2D eigenvalue weighted by Gasteiger charge is 2.24. The van der Waals surface area contributed by atoms with Crippen LogP contribution in [0.4, 0.5) is 15.8 Å². The molecule has 0 aromatic heterocycles. The number of methoxy groups -OCH3 is 1. The zero-order valence-corrected chi connectivity index (χ0v) is 16.1. The van der Waals surface area contributed by atoms with Gasteiger partial charge < -0.3 is 19.9 Å². The molecule has 0 spiro atoms. The van der Waals surface area contributed by atoms with Gasteiger partial charge >= 0.3 is 5.97 Å². The number of carbonyl (C=O) groups is 3. The van der Waals surface area contributed by atoms with Gasteiger partial charge in [0.25, 0.3) is 0 Å². The highest BCUT2D eigenvalue weighted by molar-refractivity contribution is 6.03. The number of carbonyl (C=O) groups excluding carboxylic acids is 3. The number of piperazine rings is 1. The third-order valence-corrected chi connectivity index (χ3v) is 4.73. The summed E-state index contributed by atoms with van der Waals surface area (Å²) >= 11 is 0. The van der Waals surface area contributed by atoms with Gasteiger partial charge in [0, 0.05) is 31.9 Å². The first-order valence-corrected chi connectivity index (χ1v) is 9.23. The van der Waals surface area contributed by atoms with Gasteiger partial charge in [-0.25, -0.2) is 9.18 Å². The fourth-order valence-electron chi connectivity index (χ4n) is 3.17. The quantitative estimate of drug-likeness (QED) is 0.617. The summed E-state index contributed by atoms with van der Waals surface area (Å²) in [5, 5.41) is 2.64. The first-order chi connectivity index (χ1) is 14.0. The number of esters is 1. The van der Waals surface area contributed by atoms with Gasteiger partial charge in [-0.2, -0.15) is 0 Å². The molecule has 2 amide bonds. The van der Waals surface area contributed by atoms with Crippen molar-refractivity contribution in [1.82, 2.24) is 4.90 Å². The molecule has 0 unspecified atom stereocenters. The Hall–Kier alpha value is -3.42. The van der Waals surface area contributed by atoms with Crippen molar-refractivity contribution in [3.05, 3.63) is 59.9 Å². The molecule has 1 saturated heterocycles. The van der Waals surface area contributed by atoms with E-state index in [-0.39, 0.29) is 18.1 Å². The summed E-state index contributed by atoms with van der Waals surface area (Å²) in [5.74, 6) is -1.46. The van der Waals surface area contributed by atoms with Crippen LogP contribution in [-0.2, 0) is 14.3 Å². The van der Waals surface area contributed by atoms with Crippen molar-refractivity contribution in [2.75, 3.05) is 43.5 Å². The standard InChI is InChI=1S/C21H22FN3O4/c1-29-21(28)15-6-8-16(9-7-15)23-19(26)14-20(27)25-12-10-24(11-13-25)18-5-3-2-4-17(18)22/h2-9H,10-14H2,1H3,(H,23,26). The summed E-state index contributed by atoms with van der Waals surface area (Å²) in [4.78, 5) is 39.5. The van der Waals surface area contributed by atoms with Crippen LogP contribution in [0.25, 0.3) is 0 Å². The van der Waals surface area contributed by atoms with Crippen molar-refractivity contribution in [2.24, 2.45) is 0 Å². The lowest BCUT2D eigenvalue weighted by molar-refractivity contribution is -0.134. The highest BCUT2D eigenvalue weighted by atomic mass is 19.1. The second-order valence-electron chi connectivity index (χ2n) is 6.61. The van der Waals surface area contributed by atoms with Gasteiger partial charge in [-0.15, -0.1) is 0 Å². The number of anilines is 2. The first kappa shape index (κ1) is 20.3. The van der Waals surface area contributed by atoms with Gasteiger partial charge in [-0.3, -0.25) is 9.59 Å². The number of rotatable bonds is 5. The molecule has 1 aliphatic heterocycles. The highest BCUT2D eigenvalue weighted by Crippen LogP contribution is 2.20. The third-order valence-electron chi connectivity index (χ3n) is 4.73. The smallest absolute Gasteiger partial charge is 0.337 e. The van der Waals surface area contributed by atoms with Gasteiger partial charge in [-0.05, 0) is 36.4 Å². The Balaban J connectivity index is 1.48. The molecule has 0 atom stereocenters. The summed E-state index contributed by atoms with van der Waals surface area (Å²) in [6.07, 6.45) is -0.279. The van der Waals surface area contributed by atoms with Crippen molar-refractivity contribution in [1.29, 1.82) is 0 Å². The minimum atomic E-state index is -0.465. The minimum Gasteiger partial charge on any atom is -0.465 e. The molecule has 29 heavy (non-hydrogen) atoms. The molecule has 1 aliphatic rings. The normalized spacial score (nSPS) is 13.7. The molecule has 2 aromatic rings. The monoisotopic (exact) mass is 399 g/mol. The van der Waals surface area contributed by atoms with Crippen LogP contribution < -0.4 is 10.2 Å². The van der Waals surface area contributed by atoms with Crippen LogP contribution in [0.3, 0.4) is 0 Å². The summed E-state index contributed by atoms with van der Waals surface area (Å²) < 4.78 is 18.5. The van der Waals surface area contributed by atoms with Crippen molar-refractivity contribution in [3.8, 4) is 0 Å². The van der Waals surface area contributed by atoms with Crippen molar-refractivity contribution in [2.45, 2.75) is 6.42 Å². The molecule has 8 heteroatoms. The van der Waals surface area contributed by atoms with Gasteiger partial charge in [0.2, 0.25) is 11.8 Å². The van der Waals surface area contributed by atoms with Crippen LogP contribution in [-0.4, -0.2) is 56.0 Å². The maximum atomic E-state index is 13.9. The number of nitrogens with zero attached hydrogens (tertiary/aromatic N) is 2. The molecule has 7 nitrogen and oxygen atoms in total. The van der Waals surface area contributed by atoms with E-state index in [1.807, 2.05) is 4.90 Å². The molecule has 1 N–H and O–H groups in total. The molecule has 0 bridgehead atoms. The predicted molar refractivity (Wildman–Crippen MR) is 106 cm³/mol. The molecule has 152 valence electrons. The molecule has 0 saturated carbocycles. The second kappa shape index (κ2) is 9.18. The van der Waals surface area contributed by atoms with E-state index in [9.17, 15) is 18.8 Å². The van der Waals surface area contributed by atoms with Crippen LogP contribution >= 0.6 is 0 Å². The largest absolute Gasteiger partial charge is 0.465 e. The summed E-state index contributed by atoms with van der Waals surface area (Å²) in [6, 6.07) is 12.7. The molecule has 1 heterocycles. The first-order valence-electron chi connectivity index (χ1n) is 9.23. The molecule has 3 rings (SSSR count). The number of hydrogen-bond donors (Lipinski definition) is 1. The van der Waals surface area contributed by atoms with Crippen LogP contribution in [0.1, 0.15) is 16.8 Å². The maximum Gasteiger partial charge on any atom is 0.337 e. The van der Waals surface area contributed by atoms with E-state index in [0.29, 0.717) is 43.1 Å². The van der Waals surface area contributed by atoms with Crippen molar-refractivity contribution < 1.29 is 23.5 Å². The predicted octanol–water partition coefficient (Wildman–Crippen LogP) is 2.29. The topological polar surface area (TPSA) is 78.9 Å². The van der Waals surface area contributed by atoms with E-state index >= 15 is 0 Å². The molecule has 1 fully saturated rings. The molecular formula is C21H22FN3O4. The average Bonchev–Trinajstić information content (AvgIpc) is 2.74. The van der Waals surface area contributed by atoms with E-state index in [1.165, 1.54) is 25.3 Å². The Morgan fingerprint density at radius 1 is 1.00 bits per heavy atom. The summed E-state index contributed by atoms with van der Waals surface area (Å²) in [5.41, 5.74) is 1.38. The Kier molecular flexibility index (Phi) is 6.43. The van der Waals surface area contributed by atoms with Crippen LogP contribution in [0.2, 0.25) is 0 Å². The Morgan fingerprint density at radius 3 is 2.28 bits per heavy atom. The van der Waals surface area contributed by atoms with E-state index < -0.39 is 11.9 Å². The number of para-hydroxylation sites is 1. The summed E-state index contributed by atoms with van der Waals surface area (Å²) in [6.45, 7) is 1.86. The van der Waals surface area contributed by atoms with E-state index in [1.54, 1.807) is 35.2 Å². The lowest BCUT2D eigenvalue weighted by Gasteiger charge is -2.36. The number of hydrogen-bond acceptors (Lipinski definition) is 5. The molecule has 0 radical (unpaired) electrons. The Bertz CT molecular complexity index is 893. The van der Waals surface area contributed by atoms with Crippen LogP contribution in [0.5, 0.6) is 0 Å². The molecule has 2 aromatic carbocycles. The van der Waals surface area contributed by atoms with Gasteiger partial charge in [0.1, 0.15) is 12.2 Å². The third kappa shape index (κ3) is 5.10. The Labute approximate surface area is 168 Å². The Morgan fingerprint density at radius 2 is 1.66 bits per heavy atom. The number of halogens is 1. The summed E-state index contributed by atoms with van der Waals surface area (Å²) in [7, 11) is 1.29. The molecular weight excluding hydrogens is 377 g/mol. The lowest BCUT2D eigenvalue weighted by Crippen LogP contribution is -2.49. The van der Waals surface area contributed by atoms with Gasteiger partial charge in [0.15, 0.2) is 0 Å². The number of nitrogens with one attached hydrogen (secondary N) is 1. The zero-order valence-electron chi connectivity index (χ0n) is 16.1. The zero-order chi connectivity index (χ0) is 20.8. The van der Waals surface area contributed by atoms with Crippen LogP contribution in [0.15, 0.2) is 48.5 Å². The number of ether oxygens (including phenoxy) is 1. The maximum absolute atomic E-state index is 13.9. The fraction of sp³-hybridized carbons (Fsp3) is 0.286. The lowest BCUT2D eigenvalue weighted by atomic mass is 10.2. The van der Waals surface area contributed by atoms with Gasteiger partial charge in [0.05, 0.1) is 18.4 Å². The second-order valence-corrected chi connectivity index (χ2v) is 6.61. The van der Waals surface area contributed by atoms with E-state index in [2.05, 4.69) is 10.1 Å².